The first-order valence-corrected chi connectivity index (χ1v) is 8.83. The zero-order chi connectivity index (χ0) is 15.6. The fourth-order valence-corrected chi connectivity index (χ4v) is 3.77. The largest absolute Gasteiger partial charge is 0.381 e. The summed E-state index contributed by atoms with van der Waals surface area (Å²) in [5.74, 6) is 0.469. The zero-order valence-electron chi connectivity index (χ0n) is 13.1. The molecule has 3 unspecified atom stereocenters. The Morgan fingerprint density at radius 2 is 1.90 bits per heavy atom. The maximum Gasteiger partial charge on any atom is 0.242 e. The lowest BCUT2D eigenvalue weighted by Gasteiger charge is -2.40. The average molecular weight is 311 g/mol. The van der Waals surface area contributed by atoms with Gasteiger partial charge in [0.1, 0.15) is 4.90 Å². The number of nitrogens with zero attached hydrogens (tertiary/aromatic N) is 1. The number of nitrogens with one attached hydrogen (secondary N) is 2. The minimum atomic E-state index is -3.44. The standard InChI is InChI=1S/C15H25N3O2S/c1-11-10-18(4)12(2)9-14(11)17-13-7-5-6-8-15(13)21(19,20)16-3/h5-8,11-12,14,16-17H,9-10H2,1-4H3. The van der Waals surface area contributed by atoms with Gasteiger partial charge in [0, 0.05) is 18.6 Å². The predicted molar refractivity (Wildman–Crippen MR) is 86.0 cm³/mol. The third-order valence-corrected chi connectivity index (χ3v) is 5.87. The van der Waals surface area contributed by atoms with Crippen molar-refractivity contribution in [2.24, 2.45) is 5.92 Å². The second-order valence-corrected chi connectivity index (χ2v) is 7.81. The number of para-hydroxylation sites is 1. The Morgan fingerprint density at radius 3 is 2.57 bits per heavy atom. The van der Waals surface area contributed by atoms with Crippen molar-refractivity contribution in [3.8, 4) is 0 Å². The van der Waals surface area contributed by atoms with E-state index in [-0.39, 0.29) is 6.04 Å². The van der Waals surface area contributed by atoms with Gasteiger partial charge in [-0.3, -0.25) is 0 Å². The summed E-state index contributed by atoms with van der Waals surface area (Å²) in [6.07, 6.45) is 1.01. The van der Waals surface area contributed by atoms with E-state index < -0.39 is 10.0 Å². The van der Waals surface area contributed by atoms with Gasteiger partial charge in [-0.1, -0.05) is 19.1 Å². The highest BCUT2D eigenvalue weighted by Crippen LogP contribution is 2.27. The molecule has 0 bridgehead atoms. The maximum atomic E-state index is 12.1. The van der Waals surface area contributed by atoms with Crippen LogP contribution in [-0.2, 0) is 10.0 Å². The molecule has 6 heteroatoms. The molecule has 1 aromatic carbocycles. The number of rotatable bonds is 4. The Balaban J connectivity index is 2.24. The molecular formula is C15H25N3O2S. The summed E-state index contributed by atoms with van der Waals surface area (Å²) in [5.41, 5.74) is 0.681. The lowest BCUT2D eigenvalue weighted by atomic mass is 9.89. The molecule has 1 saturated heterocycles. The number of hydrogen-bond donors (Lipinski definition) is 2. The fraction of sp³-hybridized carbons (Fsp3) is 0.600. The summed E-state index contributed by atoms with van der Waals surface area (Å²) >= 11 is 0. The summed E-state index contributed by atoms with van der Waals surface area (Å²) in [7, 11) is 0.128. The molecule has 0 spiro atoms. The number of sulfonamides is 1. The van der Waals surface area contributed by atoms with Gasteiger partial charge in [-0.15, -0.1) is 0 Å². The van der Waals surface area contributed by atoms with Crippen LogP contribution >= 0.6 is 0 Å². The Morgan fingerprint density at radius 1 is 1.24 bits per heavy atom. The maximum absolute atomic E-state index is 12.1. The molecule has 3 atom stereocenters. The van der Waals surface area contributed by atoms with Crippen LogP contribution in [0.2, 0.25) is 0 Å². The highest BCUT2D eigenvalue weighted by Gasteiger charge is 2.29. The number of anilines is 1. The molecule has 1 aliphatic rings. The van der Waals surface area contributed by atoms with E-state index in [1.807, 2.05) is 12.1 Å². The van der Waals surface area contributed by atoms with Gasteiger partial charge in [-0.25, -0.2) is 13.1 Å². The third kappa shape index (κ3) is 3.56. The normalized spacial score (nSPS) is 27.5. The van der Waals surface area contributed by atoms with Crippen LogP contribution in [0.1, 0.15) is 20.3 Å². The topological polar surface area (TPSA) is 61.4 Å². The molecule has 21 heavy (non-hydrogen) atoms. The molecule has 0 amide bonds. The summed E-state index contributed by atoms with van der Waals surface area (Å²) in [5, 5.41) is 3.44. The molecule has 1 heterocycles. The van der Waals surface area contributed by atoms with Crippen LogP contribution in [0.25, 0.3) is 0 Å². The first-order chi connectivity index (χ1) is 9.85. The smallest absolute Gasteiger partial charge is 0.242 e. The van der Waals surface area contributed by atoms with Crippen molar-refractivity contribution in [2.75, 3.05) is 26.0 Å². The molecule has 0 saturated carbocycles. The van der Waals surface area contributed by atoms with Crippen LogP contribution in [0.15, 0.2) is 29.2 Å². The van der Waals surface area contributed by atoms with Crippen molar-refractivity contribution >= 4 is 15.7 Å². The minimum absolute atomic E-state index is 0.282. The number of piperidine rings is 1. The lowest BCUT2D eigenvalue weighted by molar-refractivity contribution is 0.145. The molecule has 2 N–H and O–H groups in total. The van der Waals surface area contributed by atoms with Crippen LogP contribution in [0.4, 0.5) is 5.69 Å². The van der Waals surface area contributed by atoms with Crippen molar-refractivity contribution in [3.63, 3.8) is 0 Å². The van der Waals surface area contributed by atoms with E-state index in [4.69, 9.17) is 0 Å². The van der Waals surface area contributed by atoms with Crippen LogP contribution in [0.5, 0.6) is 0 Å². The van der Waals surface area contributed by atoms with Gasteiger partial charge >= 0.3 is 0 Å². The molecule has 0 aromatic heterocycles. The zero-order valence-corrected chi connectivity index (χ0v) is 13.9. The van der Waals surface area contributed by atoms with E-state index in [1.165, 1.54) is 7.05 Å². The highest BCUT2D eigenvalue weighted by atomic mass is 32.2. The third-order valence-electron chi connectivity index (χ3n) is 4.40. The second-order valence-electron chi connectivity index (χ2n) is 5.96. The fourth-order valence-electron chi connectivity index (χ4n) is 2.87. The quantitative estimate of drug-likeness (QED) is 0.889. The van der Waals surface area contributed by atoms with E-state index in [9.17, 15) is 8.42 Å². The molecule has 1 aliphatic heterocycles. The lowest BCUT2D eigenvalue weighted by Crippen LogP contribution is -2.48. The first-order valence-electron chi connectivity index (χ1n) is 7.34. The average Bonchev–Trinajstić information content (AvgIpc) is 2.45. The summed E-state index contributed by atoms with van der Waals surface area (Å²) in [4.78, 5) is 2.66. The molecule has 5 nitrogen and oxygen atoms in total. The van der Waals surface area contributed by atoms with E-state index in [1.54, 1.807) is 12.1 Å². The highest BCUT2D eigenvalue weighted by molar-refractivity contribution is 7.89. The monoisotopic (exact) mass is 311 g/mol. The van der Waals surface area contributed by atoms with Crippen molar-refractivity contribution in [2.45, 2.75) is 37.2 Å². The van der Waals surface area contributed by atoms with E-state index in [0.717, 1.165) is 13.0 Å². The van der Waals surface area contributed by atoms with Gasteiger partial charge in [0.25, 0.3) is 0 Å². The van der Waals surface area contributed by atoms with Gasteiger partial charge in [0.15, 0.2) is 0 Å². The van der Waals surface area contributed by atoms with E-state index in [2.05, 4.69) is 35.8 Å². The Hall–Kier alpha value is -1.11. The number of likely N-dealkylation sites (tertiary alicyclic amines) is 1. The van der Waals surface area contributed by atoms with Crippen LogP contribution < -0.4 is 10.0 Å². The molecule has 0 aliphatic carbocycles. The predicted octanol–water partition coefficient (Wildman–Crippen LogP) is 1.74. The molecule has 1 fully saturated rings. The van der Waals surface area contributed by atoms with Crippen molar-refractivity contribution in [1.29, 1.82) is 0 Å². The molecule has 1 aromatic rings. The van der Waals surface area contributed by atoms with Gasteiger partial charge in [0.2, 0.25) is 10.0 Å². The number of hydrogen-bond acceptors (Lipinski definition) is 4. The second kappa shape index (κ2) is 6.34. The van der Waals surface area contributed by atoms with Gasteiger partial charge in [-0.2, -0.15) is 0 Å². The van der Waals surface area contributed by atoms with E-state index >= 15 is 0 Å². The van der Waals surface area contributed by atoms with Crippen molar-refractivity contribution < 1.29 is 8.42 Å². The van der Waals surface area contributed by atoms with Gasteiger partial charge < -0.3 is 10.2 Å². The van der Waals surface area contributed by atoms with Gasteiger partial charge in [-0.05, 0) is 45.5 Å². The van der Waals surface area contributed by atoms with Crippen molar-refractivity contribution in [1.82, 2.24) is 9.62 Å². The first kappa shape index (κ1) is 16.3. The summed E-state index contributed by atoms with van der Waals surface area (Å²) in [6, 6.07) is 7.85. The Kier molecular flexibility index (Phi) is 4.91. The SMILES string of the molecule is CNS(=O)(=O)c1ccccc1NC1CC(C)N(C)CC1C. The van der Waals surface area contributed by atoms with Crippen molar-refractivity contribution in [3.05, 3.63) is 24.3 Å². The van der Waals surface area contributed by atoms with Gasteiger partial charge in [0.05, 0.1) is 5.69 Å². The Bertz CT molecular complexity index is 588. The van der Waals surface area contributed by atoms with Crippen LogP contribution in [-0.4, -0.2) is 46.0 Å². The summed E-state index contributed by atoms with van der Waals surface area (Å²) < 4.78 is 26.6. The minimum Gasteiger partial charge on any atom is -0.381 e. The molecule has 2 rings (SSSR count). The van der Waals surface area contributed by atoms with Crippen LogP contribution in [0.3, 0.4) is 0 Å². The van der Waals surface area contributed by atoms with E-state index in [0.29, 0.717) is 22.5 Å². The molecule has 0 radical (unpaired) electrons. The Labute approximate surface area is 127 Å². The van der Waals surface area contributed by atoms with Crippen LogP contribution in [0, 0.1) is 5.92 Å². The molecule has 118 valence electrons. The summed E-state index contributed by atoms with van der Waals surface area (Å²) in [6.45, 7) is 5.42. The number of benzene rings is 1. The molecular weight excluding hydrogens is 286 g/mol.